The van der Waals surface area contributed by atoms with Crippen molar-refractivity contribution in [2.75, 3.05) is 10.6 Å². The van der Waals surface area contributed by atoms with Gasteiger partial charge in [-0.3, -0.25) is 14.9 Å². The van der Waals surface area contributed by atoms with Crippen LogP contribution in [0.1, 0.15) is 28.0 Å². The summed E-state index contributed by atoms with van der Waals surface area (Å²) in [6.07, 6.45) is 4.69. The molecule has 0 radical (unpaired) electrons. The first-order valence-corrected chi connectivity index (χ1v) is 7.71. The molecule has 1 aliphatic carbocycles. The molecule has 0 saturated carbocycles. The van der Waals surface area contributed by atoms with Crippen molar-refractivity contribution >= 4 is 28.9 Å². The zero-order valence-corrected chi connectivity index (χ0v) is 13.1. The van der Waals surface area contributed by atoms with Gasteiger partial charge in [0.15, 0.2) is 23.2 Å². The molecule has 0 unspecified atom stereocenters. The van der Waals surface area contributed by atoms with E-state index in [1.165, 1.54) is 0 Å². The summed E-state index contributed by atoms with van der Waals surface area (Å²) in [6, 6.07) is 7.65. The number of carbonyl (C=O) groups is 1. The Balaban J connectivity index is 1.53. The number of anilines is 4. The first-order chi connectivity index (χ1) is 11.7. The highest BCUT2D eigenvalue weighted by atomic mass is 16.1. The molecule has 3 N–H and O–H groups in total. The highest BCUT2D eigenvalue weighted by Crippen LogP contribution is 2.26. The number of nitrogens with zero attached hydrogens (tertiary/aromatic N) is 3. The van der Waals surface area contributed by atoms with Gasteiger partial charge in [-0.15, -0.1) is 0 Å². The third kappa shape index (κ3) is 2.83. The third-order valence-corrected chi connectivity index (χ3v) is 3.90. The van der Waals surface area contributed by atoms with Gasteiger partial charge in [-0.25, -0.2) is 4.98 Å². The van der Waals surface area contributed by atoms with Crippen LogP contribution in [0.2, 0.25) is 0 Å². The summed E-state index contributed by atoms with van der Waals surface area (Å²) in [5, 5.41) is 13.3. The lowest BCUT2D eigenvalue weighted by Gasteiger charge is -2.08. The van der Waals surface area contributed by atoms with Gasteiger partial charge in [0.05, 0.1) is 12.4 Å². The monoisotopic (exact) mass is 320 g/mol. The summed E-state index contributed by atoms with van der Waals surface area (Å²) in [4.78, 5) is 20.4. The van der Waals surface area contributed by atoms with E-state index in [-0.39, 0.29) is 5.78 Å². The number of hydrogen-bond donors (Lipinski definition) is 3. The van der Waals surface area contributed by atoms with Gasteiger partial charge in [0.25, 0.3) is 0 Å². The Labute approximate surface area is 138 Å². The van der Waals surface area contributed by atoms with E-state index >= 15 is 0 Å². The Hall–Kier alpha value is -3.22. The summed E-state index contributed by atoms with van der Waals surface area (Å²) in [7, 11) is 0. The van der Waals surface area contributed by atoms with Crippen LogP contribution in [-0.4, -0.2) is 25.9 Å². The Morgan fingerprint density at radius 3 is 2.67 bits per heavy atom. The zero-order valence-electron chi connectivity index (χ0n) is 13.1. The predicted molar refractivity (Wildman–Crippen MR) is 91.0 cm³/mol. The molecular formula is C17H16N6O. The number of benzene rings is 1. The SMILES string of the molecule is Cc1cc(Nc2cncc(Nc3ccc4c(c3)CCC4=O)n2)n[nH]1. The molecule has 7 heteroatoms. The molecule has 3 aromatic rings. The van der Waals surface area contributed by atoms with Gasteiger partial charge in [0, 0.05) is 29.4 Å². The lowest BCUT2D eigenvalue weighted by atomic mass is 10.1. The van der Waals surface area contributed by atoms with Crippen LogP contribution in [0.4, 0.5) is 23.1 Å². The smallest absolute Gasteiger partial charge is 0.163 e. The molecule has 0 aliphatic heterocycles. The third-order valence-electron chi connectivity index (χ3n) is 3.90. The van der Waals surface area contributed by atoms with Crippen LogP contribution in [0.5, 0.6) is 0 Å². The summed E-state index contributed by atoms with van der Waals surface area (Å²) >= 11 is 0. The van der Waals surface area contributed by atoms with Gasteiger partial charge in [0.2, 0.25) is 0 Å². The molecule has 0 saturated heterocycles. The van der Waals surface area contributed by atoms with Crippen molar-refractivity contribution in [2.45, 2.75) is 19.8 Å². The molecule has 1 aliphatic rings. The number of aromatic amines is 1. The molecule has 2 aromatic heterocycles. The maximum Gasteiger partial charge on any atom is 0.163 e. The minimum atomic E-state index is 0.219. The number of rotatable bonds is 4. The van der Waals surface area contributed by atoms with E-state index in [9.17, 15) is 4.79 Å². The number of fused-ring (bicyclic) bond motifs is 1. The van der Waals surface area contributed by atoms with E-state index in [2.05, 4.69) is 30.8 Å². The minimum Gasteiger partial charge on any atom is -0.339 e. The number of hydrogen-bond acceptors (Lipinski definition) is 6. The van der Waals surface area contributed by atoms with E-state index in [0.717, 1.165) is 28.9 Å². The number of ketones is 1. The van der Waals surface area contributed by atoms with Gasteiger partial charge in [0.1, 0.15) is 0 Å². The Morgan fingerprint density at radius 1 is 1.04 bits per heavy atom. The van der Waals surface area contributed by atoms with Gasteiger partial charge >= 0.3 is 0 Å². The molecule has 2 heterocycles. The summed E-state index contributed by atoms with van der Waals surface area (Å²) in [5.41, 5.74) is 3.77. The van der Waals surface area contributed by atoms with Gasteiger partial charge in [-0.1, -0.05) is 0 Å². The lowest BCUT2D eigenvalue weighted by molar-refractivity contribution is 0.0994. The second-order valence-corrected chi connectivity index (χ2v) is 5.77. The molecular weight excluding hydrogens is 304 g/mol. The maximum absolute atomic E-state index is 11.7. The van der Waals surface area contributed by atoms with Crippen LogP contribution in [0.3, 0.4) is 0 Å². The highest BCUT2D eigenvalue weighted by molar-refractivity contribution is 6.00. The van der Waals surface area contributed by atoms with Crippen LogP contribution in [-0.2, 0) is 6.42 Å². The van der Waals surface area contributed by atoms with Crippen molar-refractivity contribution in [3.8, 4) is 0 Å². The molecule has 0 fully saturated rings. The van der Waals surface area contributed by atoms with E-state index in [0.29, 0.717) is 23.9 Å². The topological polar surface area (TPSA) is 95.6 Å². The van der Waals surface area contributed by atoms with Gasteiger partial charge in [-0.05, 0) is 37.1 Å². The molecule has 4 rings (SSSR count). The van der Waals surface area contributed by atoms with Crippen LogP contribution in [0, 0.1) is 6.92 Å². The lowest BCUT2D eigenvalue weighted by Crippen LogP contribution is -2.00. The summed E-state index contributed by atoms with van der Waals surface area (Å²) in [5.74, 6) is 2.13. The molecule has 24 heavy (non-hydrogen) atoms. The van der Waals surface area contributed by atoms with Gasteiger partial charge in [-0.2, -0.15) is 5.10 Å². The van der Waals surface area contributed by atoms with Crippen molar-refractivity contribution in [1.82, 2.24) is 20.2 Å². The minimum absolute atomic E-state index is 0.219. The predicted octanol–water partition coefficient (Wildman–Crippen LogP) is 3.12. The van der Waals surface area contributed by atoms with Crippen molar-refractivity contribution in [3.63, 3.8) is 0 Å². The zero-order chi connectivity index (χ0) is 16.5. The van der Waals surface area contributed by atoms with Crippen molar-refractivity contribution in [2.24, 2.45) is 0 Å². The van der Waals surface area contributed by atoms with E-state index in [4.69, 9.17) is 0 Å². The molecule has 0 atom stereocenters. The highest BCUT2D eigenvalue weighted by Gasteiger charge is 2.19. The van der Waals surface area contributed by atoms with Crippen LogP contribution in [0.15, 0.2) is 36.7 Å². The van der Waals surface area contributed by atoms with Crippen molar-refractivity contribution in [1.29, 1.82) is 0 Å². The fraction of sp³-hybridized carbons (Fsp3) is 0.176. The molecule has 0 bridgehead atoms. The standard InChI is InChI=1S/C17H16N6O/c1-10-6-15(23-22-10)20-17-9-18-8-16(21-17)19-12-3-4-13-11(7-12)2-5-14(13)24/h3-4,6-9H,2,5H2,1H3,(H3,19,20,21,22,23). The van der Waals surface area contributed by atoms with Crippen molar-refractivity contribution < 1.29 is 4.79 Å². The average Bonchev–Trinajstić information content (AvgIpc) is 3.14. The summed E-state index contributed by atoms with van der Waals surface area (Å²) in [6.45, 7) is 1.93. The number of nitrogens with one attached hydrogen (secondary N) is 3. The van der Waals surface area contributed by atoms with Crippen LogP contribution in [0.25, 0.3) is 0 Å². The van der Waals surface area contributed by atoms with Crippen LogP contribution >= 0.6 is 0 Å². The number of H-pyrrole nitrogens is 1. The fourth-order valence-electron chi connectivity index (χ4n) is 2.78. The summed E-state index contributed by atoms with van der Waals surface area (Å²) < 4.78 is 0. The largest absolute Gasteiger partial charge is 0.339 e. The number of aromatic nitrogens is 4. The quantitative estimate of drug-likeness (QED) is 0.683. The number of carbonyl (C=O) groups excluding carboxylic acids is 1. The second-order valence-electron chi connectivity index (χ2n) is 5.77. The normalized spacial score (nSPS) is 13.0. The first kappa shape index (κ1) is 14.4. The van der Waals surface area contributed by atoms with E-state index < -0.39 is 0 Å². The number of aryl methyl sites for hydroxylation is 2. The van der Waals surface area contributed by atoms with E-state index in [1.54, 1.807) is 12.4 Å². The van der Waals surface area contributed by atoms with Crippen molar-refractivity contribution in [3.05, 3.63) is 53.5 Å². The first-order valence-electron chi connectivity index (χ1n) is 7.71. The average molecular weight is 320 g/mol. The Bertz CT molecular complexity index is 917. The maximum atomic E-state index is 11.7. The molecule has 0 spiro atoms. The molecule has 7 nitrogen and oxygen atoms in total. The van der Waals surface area contributed by atoms with Crippen LogP contribution < -0.4 is 10.6 Å². The number of Topliss-reactive ketones (excluding diaryl/α,β-unsaturated/α-hetero) is 1. The Morgan fingerprint density at radius 2 is 1.88 bits per heavy atom. The molecule has 120 valence electrons. The van der Waals surface area contributed by atoms with Gasteiger partial charge < -0.3 is 10.6 Å². The molecule has 0 amide bonds. The van der Waals surface area contributed by atoms with E-state index in [1.807, 2.05) is 31.2 Å². The Kier molecular flexibility index (Phi) is 3.45. The fourth-order valence-corrected chi connectivity index (χ4v) is 2.78. The second kappa shape index (κ2) is 5.77. The molecule has 1 aromatic carbocycles.